The Morgan fingerprint density at radius 3 is 2.84 bits per heavy atom. The molecule has 2 aliphatic rings. The van der Waals surface area contributed by atoms with Crippen LogP contribution in [0.25, 0.3) is 0 Å². The maximum Gasteiger partial charge on any atom is 0.122 e. The first kappa shape index (κ1) is 12.9. The van der Waals surface area contributed by atoms with Crippen molar-refractivity contribution in [3.8, 4) is 5.75 Å². The topological polar surface area (TPSA) is 41.9 Å². The van der Waals surface area contributed by atoms with Crippen molar-refractivity contribution in [3.63, 3.8) is 0 Å². The zero-order chi connectivity index (χ0) is 13.1. The molecule has 0 spiro atoms. The highest BCUT2D eigenvalue weighted by Gasteiger charge is 2.23. The number of hydrogen-bond acceptors (Lipinski definition) is 4. The molecule has 1 N–H and O–H groups in total. The average molecular weight is 263 g/mol. The molecule has 2 aliphatic heterocycles. The Morgan fingerprint density at radius 1 is 1.21 bits per heavy atom. The van der Waals surface area contributed by atoms with E-state index in [-0.39, 0.29) is 12.6 Å². The number of nitrogens with zero attached hydrogens (tertiary/aromatic N) is 1. The number of hydrogen-bond donors (Lipinski definition) is 1. The first-order valence-electron chi connectivity index (χ1n) is 7.07. The summed E-state index contributed by atoms with van der Waals surface area (Å²) in [5.74, 6) is 1.01. The maximum atomic E-state index is 9.72. The normalized spacial score (nSPS) is 21.5. The van der Waals surface area contributed by atoms with Gasteiger partial charge in [0, 0.05) is 13.1 Å². The van der Waals surface area contributed by atoms with Crippen LogP contribution in [0.1, 0.15) is 23.6 Å². The van der Waals surface area contributed by atoms with E-state index in [9.17, 15) is 5.11 Å². The summed E-state index contributed by atoms with van der Waals surface area (Å²) >= 11 is 0. The lowest BCUT2D eigenvalue weighted by atomic mass is 9.98. The molecule has 0 amide bonds. The van der Waals surface area contributed by atoms with Gasteiger partial charge in [-0.25, -0.2) is 0 Å². The molecule has 1 saturated heterocycles. The minimum absolute atomic E-state index is 0.0797. The molecule has 0 aliphatic carbocycles. The fourth-order valence-corrected chi connectivity index (χ4v) is 2.91. The SMILES string of the molecule is OCC(c1ccc2c(c1)CCCO2)N1CCOCC1. The lowest BCUT2D eigenvalue weighted by Gasteiger charge is -2.34. The molecule has 19 heavy (non-hydrogen) atoms. The van der Waals surface area contributed by atoms with Gasteiger partial charge in [0.15, 0.2) is 0 Å². The summed E-state index contributed by atoms with van der Waals surface area (Å²) in [5.41, 5.74) is 2.46. The minimum atomic E-state index is 0.0797. The Bertz CT molecular complexity index is 429. The van der Waals surface area contributed by atoms with Gasteiger partial charge in [0.2, 0.25) is 0 Å². The highest BCUT2D eigenvalue weighted by Crippen LogP contribution is 2.30. The van der Waals surface area contributed by atoms with Gasteiger partial charge < -0.3 is 14.6 Å². The fourth-order valence-electron chi connectivity index (χ4n) is 2.91. The predicted molar refractivity (Wildman–Crippen MR) is 72.5 cm³/mol. The maximum absolute atomic E-state index is 9.72. The highest BCUT2D eigenvalue weighted by molar-refractivity contribution is 5.39. The monoisotopic (exact) mass is 263 g/mol. The van der Waals surface area contributed by atoms with E-state index >= 15 is 0 Å². The van der Waals surface area contributed by atoms with Gasteiger partial charge in [-0.05, 0) is 30.0 Å². The van der Waals surface area contributed by atoms with E-state index in [2.05, 4.69) is 17.0 Å². The molecule has 1 atom stereocenters. The highest BCUT2D eigenvalue weighted by atomic mass is 16.5. The van der Waals surface area contributed by atoms with Crippen LogP contribution < -0.4 is 4.74 Å². The Hall–Kier alpha value is -1.10. The Balaban J connectivity index is 1.82. The molecule has 1 fully saturated rings. The Morgan fingerprint density at radius 2 is 2.05 bits per heavy atom. The van der Waals surface area contributed by atoms with Crippen molar-refractivity contribution in [2.24, 2.45) is 0 Å². The molecule has 3 rings (SSSR count). The van der Waals surface area contributed by atoms with Gasteiger partial charge in [-0.1, -0.05) is 12.1 Å². The molecule has 104 valence electrons. The first-order valence-corrected chi connectivity index (χ1v) is 7.07. The van der Waals surface area contributed by atoms with Crippen molar-refractivity contribution in [2.45, 2.75) is 18.9 Å². The number of ether oxygens (including phenoxy) is 2. The van der Waals surface area contributed by atoms with Crippen molar-refractivity contribution in [1.82, 2.24) is 4.90 Å². The molecule has 0 aromatic heterocycles. The van der Waals surface area contributed by atoms with E-state index in [1.165, 1.54) is 11.1 Å². The van der Waals surface area contributed by atoms with Crippen molar-refractivity contribution < 1.29 is 14.6 Å². The number of aliphatic hydroxyl groups is 1. The number of rotatable bonds is 3. The van der Waals surface area contributed by atoms with Crippen molar-refractivity contribution in [3.05, 3.63) is 29.3 Å². The van der Waals surface area contributed by atoms with E-state index in [4.69, 9.17) is 9.47 Å². The summed E-state index contributed by atoms with van der Waals surface area (Å²) in [6.07, 6.45) is 2.15. The predicted octanol–water partition coefficient (Wildman–Crippen LogP) is 1.38. The van der Waals surface area contributed by atoms with Gasteiger partial charge >= 0.3 is 0 Å². The fraction of sp³-hybridized carbons (Fsp3) is 0.600. The Labute approximate surface area is 113 Å². The van der Waals surface area contributed by atoms with Crippen LogP contribution in [0.5, 0.6) is 5.75 Å². The third-order valence-corrected chi connectivity index (χ3v) is 3.98. The summed E-state index contributed by atoms with van der Waals surface area (Å²) < 4.78 is 11.0. The van der Waals surface area contributed by atoms with Crippen LogP contribution in [0.15, 0.2) is 18.2 Å². The largest absolute Gasteiger partial charge is 0.493 e. The zero-order valence-electron chi connectivity index (χ0n) is 11.2. The third kappa shape index (κ3) is 2.76. The van der Waals surface area contributed by atoms with Gasteiger partial charge in [-0.3, -0.25) is 4.90 Å². The van der Waals surface area contributed by atoms with Crippen molar-refractivity contribution >= 4 is 0 Å². The second-order valence-corrected chi connectivity index (χ2v) is 5.17. The van der Waals surface area contributed by atoms with Gasteiger partial charge in [0.05, 0.1) is 32.5 Å². The molecule has 1 aromatic carbocycles. The third-order valence-electron chi connectivity index (χ3n) is 3.98. The zero-order valence-corrected chi connectivity index (χ0v) is 11.2. The molecular formula is C15H21NO3. The van der Waals surface area contributed by atoms with Crippen molar-refractivity contribution in [1.29, 1.82) is 0 Å². The summed E-state index contributed by atoms with van der Waals surface area (Å²) in [5, 5.41) is 9.72. The quantitative estimate of drug-likeness (QED) is 0.894. The second kappa shape index (κ2) is 5.90. The lowest BCUT2D eigenvalue weighted by molar-refractivity contribution is 0.00255. The van der Waals surface area contributed by atoms with E-state index < -0.39 is 0 Å². The number of fused-ring (bicyclic) bond motifs is 1. The van der Waals surface area contributed by atoms with E-state index in [1.54, 1.807) is 0 Å². The molecule has 4 heteroatoms. The summed E-state index contributed by atoms with van der Waals surface area (Å²) in [4.78, 5) is 2.30. The molecule has 1 unspecified atom stereocenters. The number of morpholine rings is 1. The van der Waals surface area contributed by atoms with E-state index in [1.807, 2.05) is 6.07 Å². The minimum Gasteiger partial charge on any atom is -0.493 e. The molecule has 2 heterocycles. The first-order chi connectivity index (χ1) is 9.38. The molecular weight excluding hydrogens is 242 g/mol. The van der Waals surface area contributed by atoms with E-state index in [0.717, 1.165) is 51.5 Å². The van der Waals surface area contributed by atoms with Gasteiger partial charge in [0.1, 0.15) is 5.75 Å². The molecule has 0 radical (unpaired) electrons. The number of benzene rings is 1. The Kier molecular flexibility index (Phi) is 4.01. The number of aryl methyl sites for hydroxylation is 1. The van der Waals surface area contributed by atoms with E-state index in [0.29, 0.717) is 0 Å². The van der Waals surface area contributed by atoms with Crippen LogP contribution in [0, 0.1) is 0 Å². The summed E-state index contributed by atoms with van der Waals surface area (Å²) in [7, 11) is 0. The van der Waals surface area contributed by atoms with Crippen LogP contribution in [-0.2, 0) is 11.2 Å². The summed E-state index contributed by atoms with van der Waals surface area (Å²) in [6.45, 7) is 4.26. The standard InChI is InChI=1S/C15H21NO3/c17-11-14(16-5-8-18-9-6-16)12-3-4-15-13(10-12)2-1-7-19-15/h3-4,10,14,17H,1-2,5-9,11H2. The molecule has 0 bridgehead atoms. The molecule has 1 aromatic rings. The van der Waals surface area contributed by atoms with Crippen LogP contribution >= 0.6 is 0 Å². The smallest absolute Gasteiger partial charge is 0.122 e. The van der Waals surface area contributed by atoms with Crippen LogP contribution in [0.3, 0.4) is 0 Å². The van der Waals surface area contributed by atoms with Gasteiger partial charge in [-0.2, -0.15) is 0 Å². The second-order valence-electron chi connectivity index (χ2n) is 5.17. The van der Waals surface area contributed by atoms with Crippen LogP contribution in [-0.4, -0.2) is 49.5 Å². The molecule has 4 nitrogen and oxygen atoms in total. The number of aliphatic hydroxyl groups excluding tert-OH is 1. The van der Waals surface area contributed by atoms with Gasteiger partial charge in [-0.15, -0.1) is 0 Å². The lowest BCUT2D eigenvalue weighted by Crippen LogP contribution is -2.40. The van der Waals surface area contributed by atoms with Crippen molar-refractivity contribution in [2.75, 3.05) is 39.5 Å². The van der Waals surface area contributed by atoms with Crippen LogP contribution in [0.4, 0.5) is 0 Å². The average Bonchev–Trinajstić information content (AvgIpc) is 2.49. The molecule has 0 saturated carbocycles. The van der Waals surface area contributed by atoms with Crippen LogP contribution in [0.2, 0.25) is 0 Å². The summed E-state index contributed by atoms with van der Waals surface area (Å²) in [6, 6.07) is 6.41. The van der Waals surface area contributed by atoms with Gasteiger partial charge in [0.25, 0.3) is 0 Å².